The molecule has 0 saturated heterocycles. The van der Waals surface area contributed by atoms with E-state index in [0.29, 0.717) is 25.3 Å². The normalized spacial score (nSPS) is 17.7. The van der Waals surface area contributed by atoms with Crippen molar-refractivity contribution in [1.29, 1.82) is 0 Å². The van der Waals surface area contributed by atoms with Crippen LogP contribution in [0, 0.1) is 0 Å². The SMILES string of the molecule is CCCCO[C@H]1CC(C(=O)OCC)=NN1c1ccccc1. The number of rotatable bonds is 7. The predicted molar refractivity (Wildman–Crippen MR) is 82.3 cm³/mol. The molecular weight excluding hydrogens is 268 g/mol. The van der Waals surface area contributed by atoms with Gasteiger partial charge in [-0.3, -0.25) is 0 Å². The van der Waals surface area contributed by atoms with Crippen molar-refractivity contribution in [2.45, 2.75) is 39.3 Å². The van der Waals surface area contributed by atoms with E-state index in [1.807, 2.05) is 30.3 Å². The molecule has 0 unspecified atom stereocenters. The number of hydrogen-bond donors (Lipinski definition) is 0. The van der Waals surface area contributed by atoms with Crippen molar-refractivity contribution < 1.29 is 14.3 Å². The van der Waals surface area contributed by atoms with Crippen LogP contribution in [0.4, 0.5) is 5.69 Å². The second-order valence-electron chi connectivity index (χ2n) is 4.83. The predicted octanol–water partition coefficient (Wildman–Crippen LogP) is 2.96. The van der Waals surface area contributed by atoms with E-state index >= 15 is 0 Å². The lowest BCUT2D eigenvalue weighted by molar-refractivity contribution is -0.135. The minimum Gasteiger partial charge on any atom is -0.461 e. The summed E-state index contributed by atoms with van der Waals surface area (Å²) >= 11 is 0. The lowest BCUT2D eigenvalue weighted by Crippen LogP contribution is -2.29. The van der Waals surface area contributed by atoms with Crippen LogP contribution in [0.3, 0.4) is 0 Å². The fourth-order valence-corrected chi connectivity index (χ4v) is 2.12. The van der Waals surface area contributed by atoms with Crippen molar-refractivity contribution in [3.63, 3.8) is 0 Å². The van der Waals surface area contributed by atoms with Crippen LogP contribution in [0.1, 0.15) is 33.1 Å². The van der Waals surface area contributed by atoms with Crippen LogP contribution in [-0.4, -0.2) is 31.1 Å². The molecule has 0 radical (unpaired) electrons. The van der Waals surface area contributed by atoms with Crippen LogP contribution >= 0.6 is 0 Å². The summed E-state index contributed by atoms with van der Waals surface area (Å²) in [5.74, 6) is -0.361. The van der Waals surface area contributed by atoms with Crippen LogP contribution in [0.5, 0.6) is 0 Å². The average Bonchev–Trinajstić information content (AvgIpc) is 2.93. The molecule has 2 rings (SSSR count). The molecule has 1 atom stereocenters. The van der Waals surface area contributed by atoms with Gasteiger partial charge in [0.2, 0.25) is 0 Å². The third kappa shape index (κ3) is 4.04. The van der Waals surface area contributed by atoms with E-state index in [1.54, 1.807) is 11.9 Å². The van der Waals surface area contributed by atoms with Crippen LogP contribution < -0.4 is 5.01 Å². The van der Waals surface area contributed by atoms with Crippen LogP contribution in [0.2, 0.25) is 0 Å². The molecule has 1 aliphatic heterocycles. The maximum absolute atomic E-state index is 11.9. The summed E-state index contributed by atoms with van der Waals surface area (Å²) in [6, 6.07) is 9.73. The van der Waals surface area contributed by atoms with Gasteiger partial charge >= 0.3 is 5.97 Å². The number of carbonyl (C=O) groups is 1. The molecule has 1 aromatic rings. The van der Waals surface area contributed by atoms with Crippen molar-refractivity contribution in [1.82, 2.24) is 0 Å². The molecule has 21 heavy (non-hydrogen) atoms. The van der Waals surface area contributed by atoms with Crippen molar-refractivity contribution >= 4 is 17.4 Å². The molecule has 0 N–H and O–H groups in total. The second-order valence-corrected chi connectivity index (χ2v) is 4.83. The Hall–Kier alpha value is -1.88. The van der Waals surface area contributed by atoms with Crippen molar-refractivity contribution in [2.75, 3.05) is 18.2 Å². The first-order valence-electron chi connectivity index (χ1n) is 7.46. The number of carbonyl (C=O) groups excluding carboxylic acids is 1. The summed E-state index contributed by atoms with van der Waals surface area (Å²) in [5, 5.41) is 6.15. The quantitative estimate of drug-likeness (QED) is 0.572. The smallest absolute Gasteiger partial charge is 0.354 e. The van der Waals surface area contributed by atoms with Gasteiger partial charge in [0.15, 0.2) is 11.9 Å². The number of unbranched alkanes of at least 4 members (excludes halogenated alkanes) is 1. The molecule has 5 nitrogen and oxygen atoms in total. The fraction of sp³-hybridized carbons (Fsp3) is 0.500. The Balaban J connectivity index is 2.12. The maximum Gasteiger partial charge on any atom is 0.354 e. The Morgan fingerprint density at radius 2 is 2.10 bits per heavy atom. The first-order chi connectivity index (χ1) is 10.3. The van der Waals surface area contributed by atoms with Crippen LogP contribution in [0.25, 0.3) is 0 Å². The minimum atomic E-state index is -0.361. The van der Waals surface area contributed by atoms with Gasteiger partial charge in [-0.15, -0.1) is 0 Å². The molecule has 0 bridgehead atoms. The van der Waals surface area contributed by atoms with E-state index in [0.717, 1.165) is 18.5 Å². The topological polar surface area (TPSA) is 51.1 Å². The minimum absolute atomic E-state index is 0.238. The number of ether oxygens (including phenoxy) is 2. The van der Waals surface area contributed by atoms with E-state index in [9.17, 15) is 4.79 Å². The third-order valence-electron chi connectivity index (χ3n) is 3.21. The number of anilines is 1. The van der Waals surface area contributed by atoms with Gasteiger partial charge in [-0.2, -0.15) is 5.10 Å². The Morgan fingerprint density at radius 1 is 1.33 bits per heavy atom. The zero-order valence-electron chi connectivity index (χ0n) is 12.6. The van der Waals surface area contributed by atoms with Gasteiger partial charge in [-0.1, -0.05) is 31.5 Å². The first-order valence-corrected chi connectivity index (χ1v) is 7.46. The molecule has 1 heterocycles. The first kappa shape index (κ1) is 15.5. The van der Waals surface area contributed by atoms with Crippen LogP contribution in [0.15, 0.2) is 35.4 Å². The van der Waals surface area contributed by atoms with Gasteiger partial charge in [0.05, 0.1) is 12.3 Å². The van der Waals surface area contributed by atoms with Crippen molar-refractivity contribution in [2.24, 2.45) is 5.10 Å². The molecule has 0 amide bonds. The van der Waals surface area contributed by atoms with Crippen molar-refractivity contribution in [3.05, 3.63) is 30.3 Å². The molecule has 0 spiro atoms. The molecular formula is C16H22N2O3. The lowest BCUT2D eigenvalue weighted by atomic mass is 10.2. The number of benzene rings is 1. The molecule has 0 fully saturated rings. The summed E-state index contributed by atoms with van der Waals surface area (Å²) in [5.41, 5.74) is 1.33. The maximum atomic E-state index is 11.9. The van der Waals surface area contributed by atoms with Crippen LogP contribution in [-0.2, 0) is 14.3 Å². The van der Waals surface area contributed by atoms with Gasteiger partial charge in [0, 0.05) is 13.0 Å². The Kier molecular flexibility index (Phi) is 5.75. The number of hydrazone groups is 1. The number of para-hydroxylation sites is 1. The van der Waals surface area contributed by atoms with Gasteiger partial charge in [0.25, 0.3) is 0 Å². The zero-order valence-corrected chi connectivity index (χ0v) is 12.6. The highest BCUT2D eigenvalue weighted by molar-refractivity contribution is 6.37. The van der Waals surface area contributed by atoms with E-state index in [4.69, 9.17) is 9.47 Å². The Morgan fingerprint density at radius 3 is 2.76 bits per heavy atom. The molecule has 0 aromatic heterocycles. The van der Waals surface area contributed by atoms with E-state index in [1.165, 1.54) is 0 Å². The molecule has 1 aromatic carbocycles. The number of nitrogens with zero attached hydrogens (tertiary/aromatic N) is 2. The molecule has 5 heteroatoms. The molecule has 114 valence electrons. The second kappa shape index (κ2) is 7.78. The Bertz CT molecular complexity index is 488. The lowest BCUT2D eigenvalue weighted by Gasteiger charge is -2.23. The van der Waals surface area contributed by atoms with E-state index < -0.39 is 0 Å². The summed E-state index contributed by atoms with van der Waals surface area (Å²) < 4.78 is 10.9. The molecule has 0 aliphatic carbocycles. The summed E-state index contributed by atoms with van der Waals surface area (Å²) in [6.07, 6.45) is 2.29. The summed E-state index contributed by atoms with van der Waals surface area (Å²) in [4.78, 5) is 11.9. The monoisotopic (exact) mass is 290 g/mol. The van der Waals surface area contributed by atoms with Crippen molar-refractivity contribution in [3.8, 4) is 0 Å². The summed E-state index contributed by atoms with van der Waals surface area (Å²) in [7, 11) is 0. The largest absolute Gasteiger partial charge is 0.461 e. The van der Waals surface area contributed by atoms with Gasteiger partial charge in [0.1, 0.15) is 0 Å². The average molecular weight is 290 g/mol. The third-order valence-corrected chi connectivity index (χ3v) is 3.21. The zero-order chi connectivity index (χ0) is 15.1. The highest BCUT2D eigenvalue weighted by Gasteiger charge is 2.32. The van der Waals surface area contributed by atoms with Gasteiger partial charge in [-0.05, 0) is 25.5 Å². The fourth-order valence-electron chi connectivity index (χ4n) is 2.12. The molecule has 0 saturated carbocycles. The molecule has 1 aliphatic rings. The number of esters is 1. The van der Waals surface area contributed by atoms with E-state index in [-0.39, 0.29) is 12.2 Å². The van der Waals surface area contributed by atoms with Gasteiger partial charge < -0.3 is 9.47 Å². The highest BCUT2D eigenvalue weighted by atomic mass is 16.5. The highest BCUT2D eigenvalue weighted by Crippen LogP contribution is 2.25. The Labute approximate surface area is 125 Å². The van der Waals surface area contributed by atoms with Gasteiger partial charge in [-0.25, -0.2) is 9.80 Å². The number of hydrogen-bond acceptors (Lipinski definition) is 5. The van der Waals surface area contributed by atoms with E-state index in [2.05, 4.69) is 12.0 Å². The standard InChI is InChI=1S/C16H22N2O3/c1-3-5-11-21-15-12-14(16(19)20-4-2)17-18(15)13-9-7-6-8-10-13/h6-10,15H,3-5,11-12H2,1-2H3/t15-/m0/s1. The summed E-state index contributed by atoms with van der Waals surface area (Å²) in [6.45, 7) is 4.92.